The highest BCUT2D eigenvalue weighted by Gasteiger charge is 2.12. The molecule has 0 heterocycles. The number of hydrogen-bond donors (Lipinski definition) is 2. The molecule has 0 aliphatic rings. The molecule has 1 aromatic carbocycles. The molecule has 0 radical (unpaired) electrons. The van der Waals surface area contributed by atoms with Crippen LogP contribution in [0.5, 0.6) is 0 Å². The summed E-state index contributed by atoms with van der Waals surface area (Å²) >= 11 is 5.81. The summed E-state index contributed by atoms with van der Waals surface area (Å²) in [6.07, 6.45) is -1.13. The van der Waals surface area contributed by atoms with Crippen molar-refractivity contribution in [2.45, 2.75) is 19.6 Å². The van der Waals surface area contributed by atoms with Gasteiger partial charge in [0.05, 0.1) is 0 Å². The molecule has 0 aromatic heterocycles. The third kappa shape index (κ3) is 2.40. The van der Waals surface area contributed by atoms with E-state index < -0.39 is 6.17 Å². The molecule has 0 saturated carbocycles. The van der Waals surface area contributed by atoms with Gasteiger partial charge in [-0.2, -0.15) is 0 Å². The van der Waals surface area contributed by atoms with Crippen molar-refractivity contribution in [1.82, 2.24) is 5.48 Å². The average Bonchev–Trinajstić information content (AvgIpc) is 2.04. The molecule has 0 spiro atoms. The topological polar surface area (TPSA) is 32.3 Å². The maximum Gasteiger partial charge on any atom is 0.124 e. The van der Waals surface area contributed by atoms with Gasteiger partial charge in [-0.25, -0.2) is 9.87 Å². The van der Waals surface area contributed by atoms with Crippen molar-refractivity contribution in [3.63, 3.8) is 0 Å². The molecule has 0 amide bonds. The SMILES string of the molecule is CC(F)c1c(Cl)cccc1CNO. The lowest BCUT2D eigenvalue weighted by Crippen LogP contribution is -2.09. The molecule has 13 heavy (non-hydrogen) atoms. The van der Waals surface area contributed by atoms with Crippen LogP contribution in [0.1, 0.15) is 24.2 Å². The van der Waals surface area contributed by atoms with Gasteiger partial charge >= 0.3 is 0 Å². The number of alkyl halides is 1. The van der Waals surface area contributed by atoms with E-state index in [1.165, 1.54) is 6.92 Å². The summed E-state index contributed by atoms with van der Waals surface area (Å²) in [7, 11) is 0. The Bertz CT molecular complexity index is 291. The van der Waals surface area contributed by atoms with Gasteiger partial charge < -0.3 is 5.21 Å². The Hall–Kier alpha value is -0.640. The first-order chi connectivity index (χ1) is 6.16. The summed E-state index contributed by atoms with van der Waals surface area (Å²) in [4.78, 5) is 0. The molecule has 2 nitrogen and oxygen atoms in total. The van der Waals surface area contributed by atoms with Crippen LogP contribution in [-0.2, 0) is 6.54 Å². The fraction of sp³-hybridized carbons (Fsp3) is 0.333. The van der Waals surface area contributed by atoms with E-state index >= 15 is 0 Å². The molecule has 0 saturated heterocycles. The van der Waals surface area contributed by atoms with Crippen LogP contribution in [0.2, 0.25) is 5.02 Å². The Labute approximate surface area is 81.3 Å². The normalized spacial score (nSPS) is 12.9. The van der Waals surface area contributed by atoms with Crippen molar-refractivity contribution in [1.29, 1.82) is 0 Å². The minimum absolute atomic E-state index is 0.199. The van der Waals surface area contributed by atoms with E-state index in [1.807, 2.05) is 5.48 Å². The maximum atomic E-state index is 13.1. The molecule has 2 N–H and O–H groups in total. The van der Waals surface area contributed by atoms with Crippen molar-refractivity contribution in [3.05, 3.63) is 34.3 Å². The van der Waals surface area contributed by atoms with Gasteiger partial charge in [-0.05, 0) is 18.6 Å². The quantitative estimate of drug-likeness (QED) is 0.741. The Morgan fingerprint density at radius 2 is 2.31 bits per heavy atom. The standard InChI is InChI=1S/C9H11ClFNO/c1-6(11)9-7(5-12-13)3-2-4-8(9)10/h2-4,6,12-13H,5H2,1H3. The first-order valence-corrected chi connectivity index (χ1v) is 4.33. The lowest BCUT2D eigenvalue weighted by molar-refractivity contribution is 0.160. The van der Waals surface area contributed by atoms with Crippen molar-refractivity contribution in [2.24, 2.45) is 0 Å². The third-order valence-electron chi connectivity index (χ3n) is 1.81. The van der Waals surface area contributed by atoms with Crippen LogP contribution in [-0.4, -0.2) is 5.21 Å². The molecule has 0 aliphatic heterocycles. The highest BCUT2D eigenvalue weighted by atomic mass is 35.5. The van der Waals surface area contributed by atoms with Crippen LogP contribution < -0.4 is 5.48 Å². The Morgan fingerprint density at radius 1 is 1.62 bits per heavy atom. The summed E-state index contributed by atoms with van der Waals surface area (Å²) in [5, 5.41) is 8.89. The zero-order valence-corrected chi connectivity index (χ0v) is 7.98. The van der Waals surface area contributed by atoms with Gasteiger partial charge in [0.2, 0.25) is 0 Å². The first kappa shape index (κ1) is 10.4. The average molecular weight is 204 g/mol. The second-order valence-electron chi connectivity index (χ2n) is 2.76. The zero-order chi connectivity index (χ0) is 9.84. The molecule has 0 fully saturated rings. The maximum absolute atomic E-state index is 13.1. The molecule has 1 atom stereocenters. The van der Waals surface area contributed by atoms with E-state index in [0.29, 0.717) is 16.1 Å². The van der Waals surface area contributed by atoms with Crippen LogP contribution in [0.3, 0.4) is 0 Å². The Kier molecular flexibility index (Phi) is 3.66. The van der Waals surface area contributed by atoms with Crippen LogP contribution in [0.4, 0.5) is 4.39 Å². The largest absolute Gasteiger partial charge is 0.316 e. The lowest BCUT2D eigenvalue weighted by Gasteiger charge is -2.11. The number of hydrogen-bond acceptors (Lipinski definition) is 2. The minimum atomic E-state index is -1.13. The monoisotopic (exact) mass is 203 g/mol. The summed E-state index contributed by atoms with van der Waals surface area (Å²) in [6, 6.07) is 5.08. The number of hydroxylamine groups is 1. The number of benzene rings is 1. The van der Waals surface area contributed by atoms with Crippen molar-refractivity contribution >= 4 is 11.6 Å². The van der Waals surface area contributed by atoms with Gasteiger partial charge in [0.1, 0.15) is 6.17 Å². The van der Waals surface area contributed by atoms with Gasteiger partial charge in [-0.1, -0.05) is 23.7 Å². The van der Waals surface area contributed by atoms with E-state index in [2.05, 4.69) is 0 Å². The molecule has 1 unspecified atom stereocenters. The Morgan fingerprint density at radius 3 is 2.85 bits per heavy atom. The highest BCUT2D eigenvalue weighted by Crippen LogP contribution is 2.28. The second kappa shape index (κ2) is 4.56. The van der Waals surface area contributed by atoms with Crippen LogP contribution in [0, 0.1) is 0 Å². The Balaban J connectivity index is 3.10. The molecule has 1 aromatic rings. The van der Waals surface area contributed by atoms with Crippen molar-refractivity contribution < 1.29 is 9.60 Å². The number of nitrogens with one attached hydrogen (secondary N) is 1. The van der Waals surface area contributed by atoms with E-state index in [9.17, 15) is 4.39 Å². The van der Waals surface area contributed by atoms with E-state index in [-0.39, 0.29) is 6.54 Å². The van der Waals surface area contributed by atoms with Gasteiger partial charge in [-0.15, -0.1) is 0 Å². The summed E-state index contributed by atoms with van der Waals surface area (Å²) in [6.45, 7) is 1.62. The fourth-order valence-electron chi connectivity index (χ4n) is 1.27. The second-order valence-corrected chi connectivity index (χ2v) is 3.17. The minimum Gasteiger partial charge on any atom is -0.316 e. The molecule has 0 aliphatic carbocycles. The zero-order valence-electron chi connectivity index (χ0n) is 7.22. The molecule has 0 bridgehead atoms. The van der Waals surface area contributed by atoms with E-state index in [4.69, 9.17) is 16.8 Å². The van der Waals surface area contributed by atoms with Crippen LogP contribution in [0.25, 0.3) is 0 Å². The molecule has 1 rings (SSSR count). The smallest absolute Gasteiger partial charge is 0.124 e. The van der Waals surface area contributed by atoms with Crippen LogP contribution in [0.15, 0.2) is 18.2 Å². The summed E-state index contributed by atoms with van der Waals surface area (Å²) < 4.78 is 13.1. The van der Waals surface area contributed by atoms with Crippen molar-refractivity contribution in [2.75, 3.05) is 0 Å². The van der Waals surface area contributed by atoms with Crippen molar-refractivity contribution in [3.8, 4) is 0 Å². The first-order valence-electron chi connectivity index (χ1n) is 3.95. The van der Waals surface area contributed by atoms with Gasteiger partial charge in [-0.3, -0.25) is 0 Å². The molecular weight excluding hydrogens is 193 g/mol. The van der Waals surface area contributed by atoms with E-state index in [0.717, 1.165) is 0 Å². The predicted octanol–water partition coefficient (Wildman–Crippen LogP) is 2.85. The van der Waals surface area contributed by atoms with Gasteiger partial charge in [0.15, 0.2) is 0 Å². The third-order valence-corrected chi connectivity index (χ3v) is 2.14. The predicted molar refractivity (Wildman–Crippen MR) is 49.6 cm³/mol. The van der Waals surface area contributed by atoms with Gasteiger partial charge in [0.25, 0.3) is 0 Å². The van der Waals surface area contributed by atoms with Gasteiger partial charge in [0, 0.05) is 17.1 Å². The van der Waals surface area contributed by atoms with E-state index in [1.54, 1.807) is 18.2 Å². The molecule has 4 heteroatoms. The summed E-state index contributed by atoms with van der Waals surface area (Å²) in [5.74, 6) is 0. The highest BCUT2D eigenvalue weighted by molar-refractivity contribution is 6.31. The fourth-order valence-corrected chi connectivity index (χ4v) is 1.61. The summed E-state index contributed by atoms with van der Waals surface area (Å²) in [5.41, 5.74) is 3.09. The molecular formula is C9H11ClFNO. The van der Waals surface area contributed by atoms with Crippen LogP contribution >= 0.6 is 11.6 Å². The lowest BCUT2D eigenvalue weighted by atomic mass is 10.0. The molecule has 72 valence electrons. The number of rotatable bonds is 3. The number of halogens is 2.